The van der Waals surface area contributed by atoms with Gasteiger partial charge in [0, 0.05) is 45.1 Å². The molecule has 5 heterocycles. The molecule has 0 aliphatic carbocycles. The Hall–Kier alpha value is -2.03. The van der Waals surface area contributed by atoms with Crippen molar-refractivity contribution in [3.63, 3.8) is 0 Å². The van der Waals surface area contributed by atoms with E-state index in [-0.39, 0.29) is 11.5 Å². The van der Waals surface area contributed by atoms with Crippen molar-refractivity contribution in [2.75, 3.05) is 52.5 Å². The Labute approximate surface area is 164 Å². The molecule has 150 valence electrons. The number of piperidine rings is 1. The maximum Gasteiger partial charge on any atom is 0.259 e. The summed E-state index contributed by atoms with van der Waals surface area (Å²) in [5, 5.41) is 4.26. The number of amides is 1. The average molecular weight is 385 g/mol. The molecule has 28 heavy (non-hydrogen) atoms. The summed E-state index contributed by atoms with van der Waals surface area (Å²) in [6, 6.07) is 1.81. The Kier molecular flexibility index (Phi) is 4.78. The van der Waals surface area contributed by atoms with Crippen LogP contribution in [0.5, 0.6) is 0 Å². The molecule has 2 aromatic rings. The Morgan fingerprint density at radius 3 is 3.07 bits per heavy atom. The SMILES string of the molecule is O=C(c1cnn2cccnc12)N1CCC[C@@]2(C[C@H](CN3CCOCC3)CO2)C1. The van der Waals surface area contributed by atoms with Crippen molar-refractivity contribution in [2.45, 2.75) is 24.9 Å². The van der Waals surface area contributed by atoms with Crippen LogP contribution in [0, 0.1) is 5.92 Å². The number of aromatic nitrogens is 3. The van der Waals surface area contributed by atoms with Crippen LogP contribution in [-0.4, -0.2) is 88.5 Å². The molecule has 0 saturated carbocycles. The Morgan fingerprint density at radius 1 is 1.29 bits per heavy atom. The molecule has 0 aromatic carbocycles. The highest BCUT2D eigenvalue weighted by atomic mass is 16.5. The van der Waals surface area contributed by atoms with E-state index in [1.165, 1.54) is 0 Å². The van der Waals surface area contributed by atoms with Gasteiger partial charge in [0.15, 0.2) is 5.65 Å². The summed E-state index contributed by atoms with van der Waals surface area (Å²) in [5.41, 5.74) is 0.992. The van der Waals surface area contributed by atoms with Crippen molar-refractivity contribution >= 4 is 11.6 Å². The Bertz CT molecular complexity index is 849. The first-order valence-corrected chi connectivity index (χ1v) is 10.2. The van der Waals surface area contributed by atoms with Crippen molar-refractivity contribution in [2.24, 2.45) is 5.92 Å². The molecular formula is C20H27N5O3. The number of ether oxygens (including phenoxy) is 2. The van der Waals surface area contributed by atoms with Crippen LogP contribution in [0.3, 0.4) is 0 Å². The quantitative estimate of drug-likeness (QED) is 0.787. The van der Waals surface area contributed by atoms with Gasteiger partial charge in [-0.15, -0.1) is 0 Å². The van der Waals surface area contributed by atoms with E-state index in [2.05, 4.69) is 15.0 Å². The first-order chi connectivity index (χ1) is 13.7. The van der Waals surface area contributed by atoms with Crippen LogP contribution >= 0.6 is 0 Å². The van der Waals surface area contributed by atoms with Gasteiger partial charge in [0.05, 0.1) is 31.6 Å². The van der Waals surface area contributed by atoms with Gasteiger partial charge in [-0.3, -0.25) is 9.69 Å². The molecule has 2 aromatic heterocycles. The molecule has 0 radical (unpaired) electrons. The van der Waals surface area contributed by atoms with Gasteiger partial charge in [-0.1, -0.05) is 0 Å². The molecule has 2 atom stereocenters. The van der Waals surface area contributed by atoms with Crippen LogP contribution in [0.25, 0.3) is 5.65 Å². The molecule has 3 aliphatic rings. The molecule has 1 amide bonds. The fourth-order valence-electron chi connectivity index (χ4n) is 4.91. The minimum atomic E-state index is -0.193. The van der Waals surface area contributed by atoms with Gasteiger partial charge >= 0.3 is 0 Å². The zero-order valence-electron chi connectivity index (χ0n) is 16.1. The second-order valence-electron chi connectivity index (χ2n) is 8.25. The van der Waals surface area contributed by atoms with Gasteiger partial charge in [-0.25, -0.2) is 9.50 Å². The highest BCUT2D eigenvalue weighted by Crippen LogP contribution is 2.38. The van der Waals surface area contributed by atoms with Gasteiger partial charge in [0.1, 0.15) is 5.56 Å². The summed E-state index contributed by atoms with van der Waals surface area (Å²) in [7, 11) is 0. The van der Waals surface area contributed by atoms with Crippen LogP contribution in [-0.2, 0) is 9.47 Å². The lowest BCUT2D eigenvalue weighted by molar-refractivity contribution is -0.0451. The second kappa shape index (κ2) is 7.42. The lowest BCUT2D eigenvalue weighted by Gasteiger charge is -2.39. The fourth-order valence-corrected chi connectivity index (χ4v) is 4.91. The second-order valence-corrected chi connectivity index (χ2v) is 8.25. The molecule has 3 fully saturated rings. The monoisotopic (exact) mass is 385 g/mol. The number of carbonyl (C=O) groups is 1. The first kappa shape index (κ1) is 18.0. The summed E-state index contributed by atoms with van der Waals surface area (Å²) in [6.45, 7) is 6.96. The largest absolute Gasteiger partial charge is 0.379 e. The zero-order valence-corrected chi connectivity index (χ0v) is 16.1. The molecule has 8 nitrogen and oxygen atoms in total. The van der Waals surface area contributed by atoms with E-state index in [1.807, 2.05) is 17.2 Å². The fraction of sp³-hybridized carbons (Fsp3) is 0.650. The first-order valence-electron chi connectivity index (χ1n) is 10.2. The van der Waals surface area contributed by atoms with E-state index in [0.717, 1.165) is 65.3 Å². The van der Waals surface area contributed by atoms with Crippen LogP contribution in [0.2, 0.25) is 0 Å². The van der Waals surface area contributed by atoms with Crippen molar-refractivity contribution in [3.05, 3.63) is 30.2 Å². The molecule has 1 spiro atoms. The predicted octanol–water partition coefficient (Wildman–Crippen LogP) is 1.07. The third kappa shape index (κ3) is 3.40. The molecule has 0 N–H and O–H groups in total. The molecular weight excluding hydrogens is 358 g/mol. The van der Waals surface area contributed by atoms with Gasteiger partial charge < -0.3 is 14.4 Å². The van der Waals surface area contributed by atoms with E-state index in [4.69, 9.17) is 9.47 Å². The van der Waals surface area contributed by atoms with E-state index in [9.17, 15) is 4.79 Å². The third-order valence-corrected chi connectivity index (χ3v) is 6.24. The third-order valence-electron chi connectivity index (χ3n) is 6.24. The Balaban J connectivity index is 1.26. The minimum Gasteiger partial charge on any atom is -0.379 e. The highest BCUT2D eigenvalue weighted by molar-refractivity contribution is 5.99. The maximum atomic E-state index is 13.2. The Morgan fingerprint density at radius 2 is 2.18 bits per heavy atom. The van der Waals surface area contributed by atoms with Gasteiger partial charge in [0.2, 0.25) is 0 Å². The molecule has 3 saturated heterocycles. The lowest BCUT2D eigenvalue weighted by Crippen LogP contribution is -2.50. The van der Waals surface area contributed by atoms with Crippen LogP contribution < -0.4 is 0 Å². The van der Waals surface area contributed by atoms with Crippen molar-refractivity contribution in [1.29, 1.82) is 0 Å². The van der Waals surface area contributed by atoms with Crippen molar-refractivity contribution in [1.82, 2.24) is 24.4 Å². The topological polar surface area (TPSA) is 72.2 Å². The molecule has 0 bridgehead atoms. The normalized spacial score (nSPS) is 29.0. The van der Waals surface area contributed by atoms with E-state index >= 15 is 0 Å². The van der Waals surface area contributed by atoms with E-state index in [1.54, 1.807) is 16.9 Å². The van der Waals surface area contributed by atoms with Crippen LogP contribution in [0.4, 0.5) is 0 Å². The van der Waals surface area contributed by atoms with Crippen LogP contribution in [0.15, 0.2) is 24.7 Å². The van der Waals surface area contributed by atoms with E-state index in [0.29, 0.717) is 23.7 Å². The number of nitrogens with zero attached hydrogens (tertiary/aromatic N) is 5. The van der Waals surface area contributed by atoms with Crippen molar-refractivity contribution < 1.29 is 14.3 Å². The molecule has 5 rings (SSSR count). The molecule has 0 unspecified atom stereocenters. The lowest BCUT2D eigenvalue weighted by atomic mass is 9.86. The van der Waals surface area contributed by atoms with Gasteiger partial charge in [-0.2, -0.15) is 5.10 Å². The smallest absolute Gasteiger partial charge is 0.259 e. The number of morpholine rings is 1. The standard InChI is InChI=1S/C20H27N5O3/c26-19(17-12-22-25-6-2-4-21-18(17)25)24-5-1-3-20(15-24)11-16(14-28-20)13-23-7-9-27-10-8-23/h2,4,6,12,16H,1,3,5,7-11,13-15H2/t16-,20-/m1/s1. The average Bonchev–Trinajstić information content (AvgIpc) is 3.33. The zero-order chi connectivity index (χ0) is 19.0. The van der Waals surface area contributed by atoms with Gasteiger partial charge in [-0.05, 0) is 31.2 Å². The number of carbonyl (C=O) groups excluding carboxylic acids is 1. The summed E-state index contributed by atoms with van der Waals surface area (Å²) >= 11 is 0. The maximum absolute atomic E-state index is 13.2. The number of fused-ring (bicyclic) bond motifs is 1. The highest BCUT2D eigenvalue weighted by Gasteiger charge is 2.45. The number of likely N-dealkylation sites (tertiary alicyclic amines) is 1. The predicted molar refractivity (Wildman–Crippen MR) is 102 cm³/mol. The number of hydrogen-bond acceptors (Lipinski definition) is 6. The van der Waals surface area contributed by atoms with E-state index < -0.39 is 0 Å². The van der Waals surface area contributed by atoms with Crippen LogP contribution in [0.1, 0.15) is 29.6 Å². The summed E-state index contributed by atoms with van der Waals surface area (Å²) in [6.07, 6.45) is 8.17. The molecule has 3 aliphatic heterocycles. The molecule has 8 heteroatoms. The number of hydrogen-bond donors (Lipinski definition) is 0. The summed E-state index contributed by atoms with van der Waals surface area (Å²) < 4.78 is 13.4. The van der Waals surface area contributed by atoms with Gasteiger partial charge in [0.25, 0.3) is 5.91 Å². The summed E-state index contributed by atoms with van der Waals surface area (Å²) in [5.74, 6) is 0.541. The minimum absolute atomic E-state index is 0.00741. The number of rotatable bonds is 3. The van der Waals surface area contributed by atoms with Crippen molar-refractivity contribution in [3.8, 4) is 0 Å². The summed E-state index contributed by atoms with van der Waals surface area (Å²) in [4.78, 5) is 21.9.